The van der Waals surface area contributed by atoms with Gasteiger partial charge in [0.05, 0.1) is 10.8 Å². The first-order chi connectivity index (χ1) is 3.80. The molecule has 1 aliphatic heterocycles. The molecule has 0 spiro atoms. The lowest BCUT2D eigenvalue weighted by molar-refractivity contribution is 0.683. The fraction of sp³-hybridized carbons (Fsp3) is 0.200. The van der Waals surface area contributed by atoms with Crippen molar-refractivity contribution in [1.82, 2.24) is 0 Å². The third kappa shape index (κ3) is 1.05. The number of hydrogen-bond donors (Lipinski definition) is 1. The minimum Gasteiger partial charge on any atom is -0.314 e. The lowest BCUT2D eigenvalue weighted by Crippen LogP contribution is -2.22. The Hall–Kier alpha value is -0.410. The van der Waals surface area contributed by atoms with Gasteiger partial charge in [-0.15, -0.1) is 0 Å². The molecule has 0 aromatic carbocycles. The number of hydrogen-bond acceptors (Lipinski definition) is 2. The zero-order chi connectivity index (χ0) is 5.98. The van der Waals surface area contributed by atoms with Crippen molar-refractivity contribution in [3.63, 3.8) is 0 Å². The highest BCUT2D eigenvalue weighted by molar-refractivity contribution is 7.88. The predicted molar refractivity (Wildman–Crippen MR) is 34.4 cm³/mol. The predicted octanol–water partition coefficient (Wildman–Crippen LogP) is 0.103. The van der Waals surface area contributed by atoms with Crippen molar-refractivity contribution in [1.29, 1.82) is 0 Å². The van der Waals surface area contributed by atoms with Crippen LogP contribution in [0, 0.1) is 0 Å². The van der Waals surface area contributed by atoms with Crippen LogP contribution < -0.4 is 5.73 Å². The van der Waals surface area contributed by atoms with Crippen molar-refractivity contribution in [3.8, 4) is 0 Å². The Bertz CT molecular complexity index is 162. The van der Waals surface area contributed by atoms with Gasteiger partial charge in [-0.3, -0.25) is 4.21 Å². The molecule has 0 amide bonds. The average Bonchev–Trinajstić information content (AvgIpc) is 1.77. The maximum absolute atomic E-state index is 10.6. The Kier molecular flexibility index (Phi) is 1.60. The van der Waals surface area contributed by atoms with E-state index in [1.165, 1.54) is 0 Å². The molecule has 2 N–H and O–H groups in total. The largest absolute Gasteiger partial charge is 0.314 e. The SMILES string of the molecule is NC1C=CC=CS1=O. The normalized spacial score (nSPS) is 35.6. The van der Waals surface area contributed by atoms with E-state index in [1.54, 1.807) is 23.6 Å². The smallest absolute Gasteiger partial charge is 0.104 e. The third-order valence-corrected chi connectivity index (χ3v) is 2.01. The molecule has 0 fully saturated rings. The van der Waals surface area contributed by atoms with Gasteiger partial charge in [0, 0.05) is 5.41 Å². The Balaban J connectivity index is 2.74. The first-order valence-electron chi connectivity index (χ1n) is 2.30. The molecule has 0 aromatic heterocycles. The molecular weight excluding hydrogens is 122 g/mol. The highest BCUT2D eigenvalue weighted by atomic mass is 32.2. The van der Waals surface area contributed by atoms with Crippen molar-refractivity contribution in [2.75, 3.05) is 0 Å². The molecule has 44 valence electrons. The summed E-state index contributed by atoms with van der Waals surface area (Å²) in [6.07, 6.45) is 5.25. The molecular formula is C5H7NOS. The summed E-state index contributed by atoms with van der Waals surface area (Å²) in [6.45, 7) is 0. The van der Waals surface area contributed by atoms with Crippen LogP contribution in [0.4, 0.5) is 0 Å². The van der Waals surface area contributed by atoms with Gasteiger partial charge in [0.1, 0.15) is 5.37 Å². The van der Waals surface area contributed by atoms with Crippen molar-refractivity contribution in [3.05, 3.63) is 23.6 Å². The van der Waals surface area contributed by atoms with Crippen LogP contribution in [0.15, 0.2) is 23.6 Å². The number of rotatable bonds is 0. The molecule has 0 aromatic rings. The zero-order valence-electron chi connectivity index (χ0n) is 4.28. The third-order valence-electron chi connectivity index (χ3n) is 0.893. The maximum Gasteiger partial charge on any atom is 0.104 e. The molecule has 2 nitrogen and oxygen atoms in total. The summed E-state index contributed by atoms with van der Waals surface area (Å²) in [5.41, 5.74) is 5.34. The first-order valence-corrected chi connectivity index (χ1v) is 3.58. The molecule has 0 radical (unpaired) electrons. The van der Waals surface area contributed by atoms with Crippen LogP contribution in [0.1, 0.15) is 0 Å². The van der Waals surface area contributed by atoms with Crippen LogP contribution in [0.3, 0.4) is 0 Å². The number of nitrogens with two attached hydrogens (primary N) is 1. The van der Waals surface area contributed by atoms with Crippen LogP contribution in [0.5, 0.6) is 0 Å². The topological polar surface area (TPSA) is 43.1 Å². The van der Waals surface area contributed by atoms with E-state index in [1.807, 2.05) is 0 Å². The monoisotopic (exact) mass is 129 g/mol. The molecule has 0 saturated carbocycles. The van der Waals surface area contributed by atoms with Gasteiger partial charge in [0.25, 0.3) is 0 Å². The second-order valence-corrected chi connectivity index (χ2v) is 2.98. The Labute approximate surface area is 50.5 Å². The van der Waals surface area contributed by atoms with Gasteiger partial charge in [-0.1, -0.05) is 18.2 Å². The van der Waals surface area contributed by atoms with E-state index in [0.717, 1.165) is 0 Å². The van der Waals surface area contributed by atoms with Crippen molar-refractivity contribution < 1.29 is 4.21 Å². The van der Waals surface area contributed by atoms with Crippen molar-refractivity contribution in [2.45, 2.75) is 5.37 Å². The molecule has 0 saturated heterocycles. The van der Waals surface area contributed by atoms with Crippen LogP contribution in [-0.4, -0.2) is 9.58 Å². The van der Waals surface area contributed by atoms with Gasteiger partial charge in [0.15, 0.2) is 0 Å². The van der Waals surface area contributed by atoms with Crippen molar-refractivity contribution in [2.24, 2.45) is 5.73 Å². The van der Waals surface area contributed by atoms with E-state index in [-0.39, 0.29) is 5.37 Å². The van der Waals surface area contributed by atoms with E-state index in [2.05, 4.69) is 0 Å². The molecule has 0 aliphatic carbocycles. The van der Waals surface area contributed by atoms with Gasteiger partial charge in [0.2, 0.25) is 0 Å². The standard InChI is InChI=1S/C5H7NOS/c6-5-3-1-2-4-8(5)7/h1-5H,6H2. The van der Waals surface area contributed by atoms with E-state index in [9.17, 15) is 4.21 Å². The summed E-state index contributed by atoms with van der Waals surface area (Å²) < 4.78 is 10.6. The average molecular weight is 129 g/mol. The first kappa shape index (κ1) is 5.72. The lowest BCUT2D eigenvalue weighted by atomic mass is 10.5. The molecule has 8 heavy (non-hydrogen) atoms. The molecule has 3 heteroatoms. The maximum atomic E-state index is 10.6. The quantitative estimate of drug-likeness (QED) is 0.504. The van der Waals surface area contributed by atoms with Gasteiger partial charge >= 0.3 is 0 Å². The van der Waals surface area contributed by atoms with Crippen LogP contribution >= 0.6 is 0 Å². The Morgan fingerprint density at radius 1 is 1.50 bits per heavy atom. The summed E-state index contributed by atoms with van der Waals surface area (Å²) in [4.78, 5) is 0. The molecule has 1 aliphatic rings. The Morgan fingerprint density at radius 2 is 2.25 bits per heavy atom. The fourth-order valence-electron chi connectivity index (χ4n) is 0.465. The minimum absolute atomic E-state index is 0.292. The summed E-state index contributed by atoms with van der Waals surface area (Å²) in [7, 11) is -0.975. The minimum atomic E-state index is -0.975. The fourth-order valence-corrected chi connectivity index (χ4v) is 1.14. The summed E-state index contributed by atoms with van der Waals surface area (Å²) >= 11 is 0. The van der Waals surface area contributed by atoms with Gasteiger partial charge in [-0.05, 0) is 0 Å². The summed E-state index contributed by atoms with van der Waals surface area (Å²) in [5.74, 6) is 0. The second kappa shape index (κ2) is 2.24. The molecule has 0 bridgehead atoms. The van der Waals surface area contributed by atoms with Gasteiger partial charge < -0.3 is 5.73 Å². The van der Waals surface area contributed by atoms with Gasteiger partial charge in [-0.25, -0.2) is 0 Å². The lowest BCUT2D eigenvalue weighted by Gasteiger charge is -2.03. The zero-order valence-corrected chi connectivity index (χ0v) is 5.10. The molecule has 2 unspecified atom stereocenters. The van der Waals surface area contributed by atoms with Crippen LogP contribution in [0.25, 0.3) is 0 Å². The number of allylic oxidation sites excluding steroid dienone is 2. The van der Waals surface area contributed by atoms with Crippen LogP contribution in [-0.2, 0) is 10.8 Å². The van der Waals surface area contributed by atoms with E-state index >= 15 is 0 Å². The van der Waals surface area contributed by atoms with E-state index in [0.29, 0.717) is 0 Å². The molecule has 1 heterocycles. The second-order valence-electron chi connectivity index (χ2n) is 1.51. The van der Waals surface area contributed by atoms with Gasteiger partial charge in [-0.2, -0.15) is 0 Å². The Morgan fingerprint density at radius 3 is 2.62 bits per heavy atom. The highest BCUT2D eigenvalue weighted by Gasteiger charge is 2.04. The van der Waals surface area contributed by atoms with E-state index in [4.69, 9.17) is 5.73 Å². The van der Waals surface area contributed by atoms with Crippen LogP contribution in [0.2, 0.25) is 0 Å². The van der Waals surface area contributed by atoms with Crippen molar-refractivity contribution >= 4 is 10.8 Å². The summed E-state index contributed by atoms with van der Waals surface area (Å²) in [5, 5.41) is 1.30. The molecule has 1 rings (SSSR count). The van der Waals surface area contributed by atoms with E-state index < -0.39 is 10.8 Å². The summed E-state index contributed by atoms with van der Waals surface area (Å²) in [6, 6.07) is 0. The molecule has 2 atom stereocenters. The highest BCUT2D eigenvalue weighted by Crippen LogP contribution is 1.99.